The second-order valence-corrected chi connectivity index (χ2v) is 7.30. The second kappa shape index (κ2) is 7.09. The molecular formula is C15H24N2O2S. The lowest BCUT2D eigenvalue weighted by atomic mass is 9.96. The predicted molar refractivity (Wildman–Crippen MR) is 83.0 cm³/mol. The van der Waals surface area contributed by atoms with Gasteiger partial charge in [-0.25, -0.2) is 13.6 Å². The van der Waals surface area contributed by atoms with Crippen LogP contribution in [0.5, 0.6) is 0 Å². The van der Waals surface area contributed by atoms with Crippen molar-refractivity contribution < 1.29 is 8.42 Å². The Bertz CT molecular complexity index is 503. The van der Waals surface area contributed by atoms with Crippen LogP contribution in [0.25, 0.3) is 0 Å². The van der Waals surface area contributed by atoms with E-state index in [1.807, 2.05) is 24.3 Å². The lowest BCUT2D eigenvalue weighted by molar-refractivity contribution is 0.471. The number of hydrogen-bond donors (Lipinski definition) is 2. The molecular weight excluding hydrogens is 272 g/mol. The first-order chi connectivity index (χ1) is 9.53. The molecule has 0 aliphatic heterocycles. The topological polar surface area (TPSA) is 72.2 Å². The summed E-state index contributed by atoms with van der Waals surface area (Å²) in [4.78, 5) is 0. The zero-order chi connectivity index (χ0) is 14.4. The normalized spacial score (nSPS) is 18.2. The van der Waals surface area contributed by atoms with Crippen molar-refractivity contribution in [3.05, 3.63) is 29.8 Å². The minimum absolute atomic E-state index is 0.100. The van der Waals surface area contributed by atoms with Crippen molar-refractivity contribution in [1.82, 2.24) is 0 Å². The predicted octanol–water partition coefficient (Wildman–Crippen LogP) is 3.00. The third-order valence-corrected chi connectivity index (χ3v) is 4.53. The SMILES string of the molecule is NS(=O)(=O)Cc1ccc(NC2CCCCCCC2)cc1. The summed E-state index contributed by atoms with van der Waals surface area (Å²) < 4.78 is 22.1. The zero-order valence-corrected chi connectivity index (χ0v) is 12.7. The lowest BCUT2D eigenvalue weighted by Gasteiger charge is -2.22. The Morgan fingerprint density at radius 1 is 1.00 bits per heavy atom. The summed E-state index contributed by atoms with van der Waals surface area (Å²) in [5.41, 5.74) is 1.80. The molecule has 0 heterocycles. The maximum absolute atomic E-state index is 11.0. The molecule has 20 heavy (non-hydrogen) atoms. The van der Waals surface area contributed by atoms with E-state index in [2.05, 4.69) is 5.32 Å². The molecule has 3 N–H and O–H groups in total. The molecule has 0 spiro atoms. The summed E-state index contributed by atoms with van der Waals surface area (Å²) in [6, 6.07) is 8.09. The smallest absolute Gasteiger partial charge is 0.213 e. The summed E-state index contributed by atoms with van der Waals surface area (Å²) in [7, 11) is -3.45. The molecule has 1 aromatic carbocycles. The van der Waals surface area contributed by atoms with Crippen molar-refractivity contribution in [2.24, 2.45) is 5.14 Å². The van der Waals surface area contributed by atoms with Crippen LogP contribution in [0.1, 0.15) is 50.5 Å². The molecule has 4 nitrogen and oxygen atoms in total. The van der Waals surface area contributed by atoms with Gasteiger partial charge in [0.25, 0.3) is 0 Å². The molecule has 1 fully saturated rings. The van der Waals surface area contributed by atoms with E-state index in [9.17, 15) is 8.42 Å². The molecule has 5 heteroatoms. The summed E-state index contributed by atoms with van der Waals surface area (Å²) >= 11 is 0. The van der Waals surface area contributed by atoms with Crippen molar-refractivity contribution in [1.29, 1.82) is 0 Å². The second-order valence-electron chi connectivity index (χ2n) is 5.69. The van der Waals surface area contributed by atoms with Crippen molar-refractivity contribution in [2.45, 2.75) is 56.7 Å². The summed E-state index contributed by atoms with van der Waals surface area (Å²) in [6.07, 6.45) is 9.08. The Labute approximate surface area is 121 Å². The van der Waals surface area contributed by atoms with E-state index < -0.39 is 10.0 Å². The molecule has 0 atom stereocenters. The van der Waals surface area contributed by atoms with E-state index in [0.29, 0.717) is 6.04 Å². The van der Waals surface area contributed by atoms with E-state index in [0.717, 1.165) is 11.3 Å². The van der Waals surface area contributed by atoms with Gasteiger partial charge in [0.15, 0.2) is 0 Å². The van der Waals surface area contributed by atoms with Crippen LogP contribution >= 0.6 is 0 Å². The van der Waals surface area contributed by atoms with Gasteiger partial charge >= 0.3 is 0 Å². The van der Waals surface area contributed by atoms with Gasteiger partial charge in [-0.3, -0.25) is 0 Å². The largest absolute Gasteiger partial charge is 0.382 e. The van der Waals surface area contributed by atoms with Crippen LogP contribution in [0.2, 0.25) is 0 Å². The fraction of sp³-hybridized carbons (Fsp3) is 0.600. The fourth-order valence-corrected chi connectivity index (χ4v) is 3.42. The van der Waals surface area contributed by atoms with E-state index in [4.69, 9.17) is 5.14 Å². The van der Waals surface area contributed by atoms with Crippen LogP contribution in [0, 0.1) is 0 Å². The van der Waals surface area contributed by atoms with Gasteiger partial charge in [-0.05, 0) is 30.5 Å². The quantitative estimate of drug-likeness (QED) is 0.897. The number of nitrogens with two attached hydrogens (primary N) is 1. The van der Waals surface area contributed by atoms with Gasteiger partial charge < -0.3 is 5.32 Å². The third kappa shape index (κ3) is 5.51. The van der Waals surface area contributed by atoms with Gasteiger partial charge in [-0.15, -0.1) is 0 Å². The fourth-order valence-electron chi connectivity index (χ4n) is 2.77. The van der Waals surface area contributed by atoms with Gasteiger partial charge in [0.1, 0.15) is 0 Å². The number of anilines is 1. The highest BCUT2D eigenvalue weighted by Crippen LogP contribution is 2.21. The number of nitrogens with one attached hydrogen (secondary N) is 1. The Hall–Kier alpha value is -1.07. The minimum Gasteiger partial charge on any atom is -0.382 e. The molecule has 0 radical (unpaired) electrons. The Morgan fingerprint density at radius 3 is 2.10 bits per heavy atom. The minimum atomic E-state index is -3.45. The molecule has 1 aromatic rings. The highest BCUT2D eigenvalue weighted by molar-refractivity contribution is 7.88. The average Bonchev–Trinajstić information content (AvgIpc) is 2.33. The third-order valence-electron chi connectivity index (χ3n) is 3.80. The van der Waals surface area contributed by atoms with Crippen molar-refractivity contribution >= 4 is 15.7 Å². The van der Waals surface area contributed by atoms with Crippen LogP contribution in [0.4, 0.5) is 5.69 Å². The summed E-state index contributed by atoms with van der Waals surface area (Å²) in [6.45, 7) is 0. The Morgan fingerprint density at radius 2 is 1.55 bits per heavy atom. The van der Waals surface area contributed by atoms with Crippen LogP contribution in [-0.4, -0.2) is 14.5 Å². The van der Waals surface area contributed by atoms with Crippen LogP contribution in [0.3, 0.4) is 0 Å². The van der Waals surface area contributed by atoms with Gasteiger partial charge in [-0.2, -0.15) is 0 Å². The van der Waals surface area contributed by atoms with E-state index in [1.54, 1.807) is 0 Å². The standard InChI is InChI=1S/C15H24N2O2S/c16-20(18,19)12-13-8-10-15(11-9-13)17-14-6-4-2-1-3-5-7-14/h8-11,14,17H,1-7,12H2,(H2,16,18,19). The van der Waals surface area contributed by atoms with Crippen LogP contribution in [0.15, 0.2) is 24.3 Å². The molecule has 0 bridgehead atoms. The molecule has 0 saturated heterocycles. The van der Waals surface area contributed by atoms with Crippen LogP contribution in [-0.2, 0) is 15.8 Å². The van der Waals surface area contributed by atoms with Gasteiger partial charge in [-0.1, -0.05) is 44.2 Å². The molecule has 1 aliphatic rings. The number of benzene rings is 1. The zero-order valence-electron chi connectivity index (χ0n) is 11.8. The molecule has 0 aromatic heterocycles. The Balaban J connectivity index is 1.92. The van der Waals surface area contributed by atoms with E-state index in [-0.39, 0.29) is 5.75 Å². The maximum atomic E-state index is 11.0. The molecule has 112 valence electrons. The first kappa shape index (κ1) is 15.3. The summed E-state index contributed by atoms with van der Waals surface area (Å²) in [5, 5.41) is 8.60. The van der Waals surface area contributed by atoms with E-state index in [1.165, 1.54) is 44.9 Å². The number of primary sulfonamides is 1. The highest BCUT2D eigenvalue weighted by atomic mass is 32.2. The molecule has 0 amide bonds. The van der Waals surface area contributed by atoms with Gasteiger partial charge in [0.2, 0.25) is 10.0 Å². The summed E-state index contributed by atoms with van der Waals surface area (Å²) in [5.74, 6) is -0.100. The van der Waals surface area contributed by atoms with E-state index >= 15 is 0 Å². The molecule has 1 aliphatic carbocycles. The monoisotopic (exact) mass is 296 g/mol. The average molecular weight is 296 g/mol. The number of rotatable bonds is 4. The van der Waals surface area contributed by atoms with Crippen molar-refractivity contribution in [3.8, 4) is 0 Å². The van der Waals surface area contributed by atoms with Gasteiger partial charge in [0.05, 0.1) is 5.75 Å². The number of sulfonamides is 1. The first-order valence-corrected chi connectivity index (χ1v) is 9.10. The molecule has 0 unspecified atom stereocenters. The lowest BCUT2D eigenvalue weighted by Crippen LogP contribution is -2.20. The molecule has 1 saturated carbocycles. The maximum Gasteiger partial charge on any atom is 0.213 e. The van der Waals surface area contributed by atoms with Gasteiger partial charge in [0, 0.05) is 11.7 Å². The van der Waals surface area contributed by atoms with Crippen LogP contribution < -0.4 is 10.5 Å². The molecule has 2 rings (SSSR count). The Kier molecular flexibility index (Phi) is 5.43. The number of hydrogen-bond acceptors (Lipinski definition) is 3. The highest BCUT2D eigenvalue weighted by Gasteiger charge is 2.11. The van der Waals surface area contributed by atoms with Crippen molar-refractivity contribution in [2.75, 3.05) is 5.32 Å². The van der Waals surface area contributed by atoms with Crippen molar-refractivity contribution in [3.63, 3.8) is 0 Å². The first-order valence-electron chi connectivity index (χ1n) is 7.39.